The van der Waals surface area contributed by atoms with Gasteiger partial charge in [-0.25, -0.2) is 19.2 Å². The summed E-state index contributed by atoms with van der Waals surface area (Å²) in [5.41, 5.74) is -5.68. The predicted octanol–water partition coefficient (Wildman–Crippen LogP) is -2.80. The van der Waals surface area contributed by atoms with E-state index in [0.29, 0.717) is 6.08 Å². The third-order valence-corrected chi connectivity index (χ3v) is 2.74. The number of carbonyl (C=O) groups is 4. The molecule has 0 bridgehead atoms. The molecule has 0 aromatic rings. The highest BCUT2D eigenvalue weighted by molar-refractivity contribution is 5.89. The van der Waals surface area contributed by atoms with Gasteiger partial charge in [0.25, 0.3) is 0 Å². The minimum Gasteiger partial charge on any atom is -0.478 e. The molecule has 0 aromatic carbocycles. The molecule has 0 spiro atoms. The van der Waals surface area contributed by atoms with E-state index in [4.69, 9.17) is 40.9 Å². The minimum atomic E-state index is -2.48. The zero-order valence-electron chi connectivity index (χ0n) is 16.9. The summed E-state index contributed by atoms with van der Waals surface area (Å²) in [6.07, 6.45) is 2.99. The summed E-state index contributed by atoms with van der Waals surface area (Å²) in [6, 6.07) is 0. The molecule has 0 atom stereocenters. The molecule has 0 saturated carbocycles. The molecule has 10 N–H and O–H groups in total. The Morgan fingerprint density at radius 3 is 1.00 bits per heavy atom. The largest absolute Gasteiger partial charge is 0.478 e. The maximum absolute atomic E-state index is 10.8. The van der Waals surface area contributed by atoms with Crippen LogP contribution in [0.5, 0.6) is 0 Å². The summed E-state index contributed by atoms with van der Waals surface area (Å²) in [7, 11) is 0. The molecule has 0 radical (unpaired) electrons. The average molecular weight is 468 g/mol. The van der Waals surface area contributed by atoms with Crippen LogP contribution in [-0.4, -0.2) is 113 Å². The smallest absolute Gasteiger partial charge is 0.334 e. The van der Waals surface area contributed by atoms with E-state index in [1.165, 1.54) is 0 Å². The van der Waals surface area contributed by atoms with Crippen molar-refractivity contribution in [2.45, 2.75) is 11.2 Å². The fourth-order valence-corrected chi connectivity index (χ4v) is 1.03. The Labute approximate surface area is 182 Å². The molecule has 32 heavy (non-hydrogen) atoms. The van der Waals surface area contributed by atoms with E-state index in [2.05, 4.69) is 19.7 Å². The van der Waals surface area contributed by atoms with Crippen molar-refractivity contribution in [3.63, 3.8) is 0 Å². The van der Waals surface area contributed by atoms with Crippen molar-refractivity contribution in [3.8, 4) is 0 Å². The second-order valence-electron chi connectivity index (χ2n) is 5.26. The van der Waals surface area contributed by atoms with E-state index in [1.54, 1.807) is 0 Å². The lowest BCUT2D eigenvalue weighted by molar-refractivity contribution is -0.138. The lowest BCUT2D eigenvalue weighted by Gasteiger charge is -2.27. The van der Waals surface area contributed by atoms with Gasteiger partial charge in [-0.2, -0.15) is 0 Å². The summed E-state index contributed by atoms with van der Waals surface area (Å²) < 4.78 is 0. The van der Waals surface area contributed by atoms with E-state index in [-0.39, 0.29) is 0 Å². The lowest BCUT2D eigenvalue weighted by Crippen LogP contribution is -2.45. The van der Waals surface area contributed by atoms with Gasteiger partial charge in [0, 0.05) is 18.2 Å². The van der Waals surface area contributed by atoms with Gasteiger partial charge in [-0.05, 0) is 6.08 Å². The van der Waals surface area contributed by atoms with Crippen molar-refractivity contribution in [1.29, 1.82) is 0 Å². The summed E-state index contributed by atoms with van der Waals surface area (Å²) >= 11 is 0. The van der Waals surface area contributed by atoms with Crippen LogP contribution < -0.4 is 0 Å². The first kappa shape index (κ1) is 36.0. The van der Waals surface area contributed by atoms with Gasteiger partial charge < -0.3 is 51.1 Å². The third kappa shape index (κ3) is 19.9. The Kier molecular flexibility index (Phi) is 22.0. The fourth-order valence-electron chi connectivity index (χ4n) is 1.03. The molecule has 14 nitrogen and oxygen atoms in total. The Morgan fingerprint density at radius 2 is 0.875 bits per heavy atom. The summed E-state index contributed by atoms with van der Waals surface area (Å²) in [6.45, 7) is 4.69. The van der Waals surface area contributed by atoms with Gasteiger partial charge >= 0.3 is 23.9 Å². The van der Waals surface area contributed by atoms with Crippen LogP contribution >= 0.6 is 0 Å². The predicted molar refractivity (Wildman–Crippen MR) is 107 cm³/mol. The topological polar surface area (TPSA) is 271 Å². The summed E-state index contributed by atoms with van der Waals surface area (Å²) in [5.74, 6) is -4.66. The van der Waals surface area contributed by atoms with Crippen molar-refractivity contribution in [2.24, 2.45) is 0 Å². The number of rotatable bonds is 10. The lowest BCUT2D eigenvalue weighted by atomic mass is 9.90. The number of carboxylic acids is 4. The van der Waals surface area contributed by atoms with E-state index in [0.717, 1.165) is 18.2 Å². The monoisotopic (exact) mass is 468 g/mol. The van der Waals surface area contributed by atoms with Crippen molar-refractivity contribution < 1.29 is 70.2 Å². The van der Waals surface area contributed by atoms with Crippen LogP contribution in [-0.2, 0) is 19.2 Å². The highest BCUT2D eigenvalue weighted by Crippen LogP contribution is 2.20. The highest BCUT2D eigenvalue weighted by Gasteiger charge is 2.38. The SMILES string of the molecule is C=CC(=O)O.C=CC(=O)O.C=CC(=O)O.O=C(O)C(=CC(O)(CO)CO)C(O)(CO)CO. The molecule has 0 aromatic heterocycles. The van der Waals surface area contributed by atoms with E-state index in [1.807, 2.05) is 0 Å². The molecule has 0 aliphatic heterocycles. The van der Waals surface area contributed by atoms with Crippen LogP contribution in [0.15, 0.2) is 49.6 Å². The van der Waals surface area contributed by atoms with Gasteiger partial charge in [0.1, 0.15) is 11.2 Å². The Balaban J connectivity index is -0.000000212. The van der Waals surface area contributed by atoms with Gasteiger partial charge in [0.05, 0.1) is 32.0 Å². The molecule has 0 heterocycles. The number of aliphatic hydroxyl groups excluding tert-OH is 4. The Bertz CT molecular complexity index is 614. The van der Waals surface area contributed by atoms with Crippen LogP contribution in [0.3, 0.4) is 0 Å². The Morgan fingerprint density at radius 1 is 0.625 bits per heavy atom. The second-order valence-corrected chi connectivity index (χ2v) is 5.26. The number of hydrogen-bond donors (Lipinski definition) is 10. The van der Waals surface area contributed by atoms with Crippen molar-refractivity contribution in [2.75, 3.05) is 26.4 Å². The zero-order chi connectivity index (χ0) is 26.5. The van der Waals surface area contributed by atoms with Gasteiger partial charge in [0.15, 0.2) is 0 Å². The molecule has 0 amide bonds. The first-order valence-electron chi connectivity index (χ1n) is 8.01. The van der Waals surface area contributed by atoms with Crippen molar-refractivity contribution >= 4 is 23.9 Å². The number of aliphatic carboxylic acids is 4. The standard InChI is InChI=1S/C9H16O8.3C3H4O2/c10-2-8(16,3-11)1-6(7(14)15)9(17,4-12)5-13;3*1-2-3(4)5/h1,10-13,16-17H,2-5H2,(H,14,15);3*2H,1H2,(H,4,5). The molecule has 14 heteroatoms. The molecule has 0 aliphatic rings. The first-order chi connectivity index (χ1) is 14.6. The fraction of sp³-hybridized carbons (Fsp3) is 0.333. The van der Waals surface area contributed by atoms with Crippen LogP contribution in [0.4, 0.5) is 0 Å². The number of aliphatic hydroxyl groups is 6. The van der Waals surface area contributed by atoms with E-state index >= 15 is 0 Å². The zero-order valence-corrected chi connectivity index (χ0v) is 16.9. The maximum atomic E-state index is 10.8. The Hall–Kier alpha value is -3.40. The van der Waals surface area contributed by atoms with Crippen LogP contribution in [0.1, 0.15) is 0 Å². The first-order valence-corrected chi connectivity index (χ1v) is 8.01. The average Bonchev–Trinajstić information content (AvgIpc) is 2.77. The molecular formula is C18H28O14. The highest BCUT2D eigenvalue weighted by atomic mass is 16.4. The van der Waals surface area contributed by atoms with E-state index < -0.39 is 67.1 Å². The molecule has 184 valence electrons. The molecule has 0 aliphatic carbocycles. The van der Waals surface area contributed by atoms with Gasteiger partial charge in [-0.15, -0.1) is 0 Å². The summed E-state index contributed by atoms with van der Waals surface area (Å²) in [4.78, 5) is 38.6. The van der Waals surface area contributed by atoms with Crippen LogP contribution in [0.25, 0.3) is 0 Å². The van der Waals surface area contributed by atoms with Gasteiger partial charge in [-0.3, -0.25) is 0 Å². The maximum Gasteiger partial charge on any atom is 0.334 e. The molecule has 0 fully saturated rings. The van der Waals surface area contributed by atoms with Crippen molar-refractivity contribution in [1.82, 2.24) is 0 Å². The summed E-state index contributed by atoms with van der Waals surface area (Å²) in [5, 5.41) is 85.9. The number of carboxylic acid groups (broad SMARTS) is 4. The molecule has 0 rings (SSSR count). The quantitative estimate of drug-likeness (QED) is 0.145. The molecule has 0 unspecified atom stereocenters. The normalized spacial score (nSPS) is 10.4. The van der Waals surface area contributed by atoms with E-state index in [9.17, 15) is 29.4 Å². The molecular weight excluding hydrogens is 440 g/mol. The van der Waals surface area contributed by atoms with Gasteiger partial charge in [-0.1, -0.05) is 19.7 Å². The minimum absolute atomic E-state index is 0.488. The van der Waals surface area contributed by atoms with Gasteiger partial charge in [0.2, 0.25) is 0 Å². The van der Waals surface area contributed by atoms with Crippen LogP contribution in [0.2, 0.25) is 0 Å². The number of hydrogen-bond acceptors (Lipinski definition) is 10. The second kappa shape index (κ2) is 19.6. The third-order valence-electron chi connectivity index (χ3n) is 2.74. The van der Waals surface area contributed by atoms with Crippen molar-refractivity contribution in [3.05, 3.63) is 49.6 Å². The molecule has 0 saturated heterocycles. The van der Waals surface area contributed by atoms with Crippen LogP contribution in [0, 0.1) is 0 Å².